The van der Waals surface area contributed by atoms with Crippen molar-refractivity contribution in [1.29, 1.82) is 0 Å². The fourth-order valence-corrected chi connectivity index (χ4v) is 1.89. The monoisotopic (exact) mass is 225 g/mol. The molecule has 1 aliphatic rings. The number of halogens is 2. The molecule has 0 amide bonds. The van der Waals surface area contributed by atoms with Gasteiger partial charge in [0.05, 0.1) is 12.1 Å². The lowest BCUT2D eigenvalue weighted by Gasteiger charge is -2.33. The largest absolute Gasteiger partial charge is 0.370 e. The highest BCUT2D eigenvalue weighted by atomic mass is 19.2. The molecule has 1 unspecified atom stereocenters. The van der Waals surface area contributed by atoms with Crippen LogP contribution in [0.5, 0.6) is 0 Å². The second-order valence-corrected chi connectivity index (χ2v) is 4.11. The molecule has 0 aliphatic carbocycles. The van der Waals surface area contributed by atoms with Crippen LogP contribution in [0, 0.1) is 11.6 Å². The van der Waals surface area contributed by atoms with Crippen molar-refractivity contribution in [1.82, 2.24) is 4.90 Å². The fourth-order valence-electron chi connectivity index (χ4n) is 1.89. The topological polar surface area (TPSA) is 41.6 Å². The number of hydrogen-bond acceptors (Lipinski definition) is 3. The van der Waals surface area contributed by atoms with Gasteiger partial charge in [0.15, 0.2) is 17.6 Å². The molecule has 1 heterocycles. The van der Waals surface area contributed by atoms with E-state index >= 15 is 0 Å². The summed E-state index contributed by atoms with van der Waals surface area (Å²) in [6, 6.07) is 4.14. The molecule has 1 aromatic rings. The summed E-state index contributed by atoms with van der Waals surface area (Å²) in [5, 5.41) is 0. The van der Waals surface area contributed by atoms with Gasteiger partial charge in [0, 0.05) is 12.6 Å². The number of likely N-dealkylation sites (N-methyl/N-ethyl adjacent to an activating group) is 1. The standard InChI is InChI=1S/C11H13F2N3/c1-11(6-15-10(14)16(11)2)7-4-3-5-8(12)9(7)13/h3-5H,6H2,1-2H3,(H2,14,15). The van der Waals surface area contributed by atoms with Gasteiger partial charge in [-0.2, -0.15) is 0 Å². The molecular formula is C11H13F2N3. The third kappa shape index (κ3) is 1.35. The molecule has 0 radical (unpaired) electrons. The van der Waals surface area contributed by atoms with Gasteiger partial charge in [0.1, 0.15) is 0 Å². The molecule has 0 saturated heterocycles. The quantitative estimate of drug-likeness (QED) is 0.785. The molecule has 1 aromatic carbocycles. The lowest BCUT2D eigenvalue weighted by Crippen LogP contribution is -2.45. The van der Waals surface area contributed by atoms with Crippen molar-refractivity contribution in [3.8, 4) is 0 Å². The minimum Gasteiger partial charge on any atom is -0.370 e. The van der Waals surface area contributed by atoms with Gasteiger partial charge in [-0.3, -0.25) is 4.99 Å². The molecule has 0 bridgehead atoms. The third-order valence-electron chi connectivity index (χ3n) is 3.16. The van der Waals surface area contributed by atoms with Crippen molar-refractivity contribution in [2.24, 2.45) is 10.7 Å². The predicted molar refractivity (Wildman–Crippen MR) is 58.0 cm³/mol. The summed E-state index contributed by atoms with van der Waals surface area (Å²) in [5.41, 5.74) is 5.20. The number of hydrogen-bond donors (Lipinski definition) is 1. The first-order valence-electron chi connectivity index (χ1n) is 4.95. The Labute approximate surface area is 92.6 Å². The van der Waals surface area contributed by atoms with Crippen LogP contribution in [0.1, 0.15) is 12.5 Å². The van der Waals surface area contributed by atoms with Gasteiger partial charge in [-0.05, 0) is 13.0 Å². The van der Waals surface area contributed by atoms with E-state index in [0.29, 0.717) is 12.5 Å². The lowest BCUT2D eigenvalue weighted by molar-refractivity contribution is 0.255. The molecule has 2 N–H and O–H groups in total. The maximum absolute atomic E-state index is 13.7. The van der Waals surface area contributed by atoms with E-state index in [0.717, 1.165) is 6.07 Å². The summed E-state index contributed by atoms with van der Waals surface area (Å²) in [6.45, 7) is 2.12. The average molecular weight is 225 g/mol. The number of benzene rings is 1. The van der Waals surface area contributed by atoms with Crippen LogP contribution in [-0.4, -0.2) is 24.5 Å². The Kier molecular flexibility index (Phi) is 2.33. The first-order chi connectivity index (χ1) is 7.47. The Hall–Kier alpha value is -1.65. The van der Waals surface area contributed by atoms with Crippen LogP contribution in [0.15, 0.2) is 23.2 Å². The minimum absolute atomic E-state index is 0.277. The van der Waals surface area contributed by atoms with E-state index in [4.69, 9.17) is 5.73 Å². The van der Waals surface area contributed by atoms with Gasteiger partial charge in [-0.15, -0.1) is 0 Å². The maximum Gasteiger partial charge on any atom is 0.191 e. The Bertz CT molecular complexity index is 459. The Morgan fingerprint density at radius 2 is 2.12 bits per heavy atom. The van der Waals surface area contributed by atoms with E-state index in [-0.39, 0.29) is 5.56 Å². The molecular weight excluding hydrogens is 212 g/mol. The Balaban J connectivity index is 2.50. The average Bonchev–Trinajstić information content (AvgIpc) is 2.51. The number of rotatable bonds is 1. The molecule has 3 nitrogen and oxygen atoms in total. The summed E-state index contributed by atoms with van der Waals surface area (Å²) in [5.74, 6) is -1.34. The number of aliphatic imine (C=N–C) groups is 1. The van der Waals surface area contributed by atoms with Crippen LogP contribution in [-0.2, 0) is 5.54 Å². The minimum atomic E-state index is -0.849. The summed E-state index contributed by atoms with van der Waals surface area (Å²) in [6.07, 6.45) is 0. The van der Waals surface area contributed by atoms with Crippen LogP contribution < -0.4 is 5.73 Å². The van der Waals surface area contributed by atoms with Crippen molar-refractivity contribution in [2.45, 2.75) is 12.5 Å². The zero-order valence-electron chi connectivity index (χ0n) is 9.17. The van der Waals surface area contributed by atoms with Crippen LogP contribution >= 0.6 is 0 Å². The van der Waals surface area contributed by atoms with E-state index in [1.807, 2.05) is 0 Å². The SMILES string of the molecule is CN1C(N)=NCC1(C)c1cccc(F)c1F. The smallest absolute Gasteiger partial charge is 0.191 e. The molecule has 0 aromatic heterocycles. The van der Waals surface area contributed by atoms with Crippen LogP contribution in [0.2, 0.25) is 0 Å². The van der Waals surface area contributed by atoms with Crippen molar-refractivity contribution >= 4 is 5.96 Å². The van der Waals surface area contributed by atoms with Gasteiger partial charge in [-0.25, -0.2) is 8.78 Å². The van der Waals surface area contributed by atoms with Gasteiger partial charge < -0.3 is 10.6 Å². The highest BCUT2D eigenvalue weighted by Crippen LogP contribution is 2.33. The first kappa shape index (κ1) is 10.9. The van der Waals surface area contributed by atoms with E-state index in [1.54, 1.807) is 24.9 Å². The zero-order chi connectivity index (χ0) is 11.9. The zero-order valence-corrected chi connectivity index (χ0v) is 9.17. The molecule has 1 aliphatic heterocycles. The molecule has 5 heteroatoms. The van der Waals surface area contributed by atoms with Crippen molar-refractivity contribution in [3.63, 3.8) is 0 Å². The number of nitrogens with zero attached hydrogens (tertiary/aromatic N) is 2. The van der Waals surface area contributed by atoms with E-state index in [1.165, 1.54) is 6.07 Å². The van der Waals surface area contributed by atoms with Gasteiger partial charge in [0.25, 0.3) is 0 Å². The van der Waals surface area contributed by atoms with E-state index < -0.39 is 17.2 Å². The summed E-state index contributed by atoms with van der Waals surface area (Å²) >= 11 is 0. The Morgan fingerprint density at radius 3 is 2.69 bits per heavy atom. The molecule has 86 valence electrons. The molecule has 0 fully saturated rings. The van der Waals surface area contributed by atoms with Crippen molar-refractivity contribution in [2.75, 3.05) is 13.6 Å². The van der Waals surface area contributed by atoms with Crippen molar-refractivity contribution < 1.29 is 8.78 Å². The Morgan fingerprint density at radius 1 is 1.44 bits per heavy atom. The fraction of sp³-hybridized carbons (Fsp3) is 0.364. The lowest BCUT2D eigenvalue weighted by atomic mass is 9.91. The maximum atomic E-state index is 13.7. The van der Waals surface area contributed by atoms with Crippen LogP contribution in [0.3, 0.4) is 0 Å². The summed E-state index contributed by atoms with van der Waals surface area (Å²) in [4.78, 5) is 5.71. The van der Waals surface area contributed by atoms with E-state index in [2.05, 4.69) is 4.99 Å². The highest BCUT2D eigenvalue weighted by Gasteiger charge is 2.39. The second-order valence-electron chi connectivity index (χ2n) is 4.11. The normalized spacial score (nSPS) is 24.8. The molecule has 0 saturated carbocycles. The van der Waals surface area contributed by atoms with Crippen LogP contribution in [0.4, 0.5) is 8.78 Å². The number of nitrogens with two attached hydrogens (primary N) is 1. The van der Waals surface area contributed by atoms with Gasteiger partial charge in [-0.1, -0.05) is 12.1 Å². The molecule has 16 heavy (non-hydrogen) atoms. The summed E-state index contributed by atoms with van der Waals surface area (Å²) in [7, 11) is 1.72. The third-order valence-corrected chi connectivity index (χ3v) is 3.16. The first-order valence-corrected chi connectivity index (χ1v) is 4.95. The molecule has 1 atom stereocenters. The molecule has 0 spiro atoms. The van der Waals surface area contributed by atoms with Crippen molar-refractivity contribution in [3.05, 3.63) is 35.4 Å². The highest BCUT2D eigenvalue weighted by molar-refractivity contribution is 5.81. The van der Waals surface area contributed by atoms with E-state index in [9.17, 15) is 8.78 Å². The summed E-state index contributed by atoms with van der Waals surface area (Å²) < 4.78 is 26.9. The van der Waals surface area contributed by atoms with Crippen LogP contribution in [0.25, 0.3) is 0 Å². The molecule has 2 rings (SSSR count). The van der Waals surface area contributed by atoms with Gasteiger partial charge in [0.2, 0.25) is 0 Å². The number of guanidine groups is 1. The second kappa shape index (κ2) is 3.43. The predicted octanol–water partition coefficient (Wildman–Crippen LogP) is 1.44. The van der Waals surface area contributed by atoms with Gasteiger partial charge >= 0.3 is 0 Å².